The number of hydrogen-bond acceptors (Lipinski definition) is 3. The summed E-state index contributed by atoms with van der Waals surface area (Å²) < 4.78 is 25.1. The molecular weight excluding hydrogens is 212 g/mol. The largest absolute Gasteiger partial charge is 0.330 e. The summed E-state index contributed by atoms with van der Waals surface area (Å²) in [5.41, 5.74) is 5.46. The van der Waals surface area contributed by atoms with Crippen LogP contribution >= 0.6 is 0 Å². The molecule has 4 nitrogen and oxygen atoms in total. The van der Waals surface area contributed by atoms with E-state index in [1.807, 2.05) is 20.8 Å². The SMILES string of the molecule is CCCN(CC(C)(C)CN)S(=O)(=O)CC. The zero-order valence-corrected chi connectivity index (χ0v) is 11.1. The predicted octanol–water partition coefficient (Wildman–Crippen LogP) is 1.03. The van der Waals surface area contributed by atoms with Gasteiger partial charge in [0, 0.05) is 13.1 Å². The molecule has 92 valence electrons. The predicted molar refractivity (Wildman–Crippen MR) is 64.2 cm³/mol. The first kappa shape index (κ1) is 14.9. The quantitative estimate of drug-likeness (QED) is 0.718. The van der Waals surface area contributed by atoms with E-state index in [1.165, 1.54) is 0 Å². The minimum absolute atomic E-state index is 0.155. The van der Waals surface area contributed by atoms with Gasteiger partial charge in [-0.25, -0.2) is 12.7 Å². The van der Waals surface area contributed by atoms with E-state index >= 15 is 0 Å². The molecule has 0 bridgehead atoms. The molecule has 5 heteroatoms. The van der Waals surface area contributed by atoms with Crippen molar-refractivity contribution in [1.82, 2.24) is 4.31 Å². The van der Waals surface area contributed by atoms with Crippen LogP contribution in [0.4, 0.5) is 0 Å². The molecule has 0 saturated carbocycles. The van der Waals surface area contributed by atoms with Crippen molar-refractivity contribution >= 4 is 10.0 Å². The Labute approximate surface area is 93.9 Å². The third-order valence-electron chi connectivity index (χ3n) is 2.39. The molecule has 0 aliphatic heterocycles. The van der Waals surface area contributed by atoms with Crippen LogP contribution in [0.25, 0.3) is 0 Å². The Hall–Kier alpha value is -0.130. The topological polar surface area (TPSA) is 63.4 Å². The second-order valence-corrected chi connectivity index (χ2v) is 6.86. The molecule has 0 aromatic heterocycles. The Morgan fingerprint density at radius 3 is 2.13 bits per heavy atom. The van der Waals surface area contributed by atoms with Crippen molar-refractivity contribution in [2.24, 2.45) is 11.1 Å². The molecule has 0 saturated heterocycles. The molecule has 0 heterocycles. The van der Waals surface area contributed by atoms with Crippen molar-refractivity contribution in [3.8, 4) is 0 Å². The number of sulfonamides is 1. The van der Waals surface area contributed by atoms with Crippen molar-refractivity contribution < 1.29 is 8.42 Å². The first-order chi connectivity index (χ1) is 6.79. The van der Waals surface area contributed by atoms with Crippen LogP contribution in [0.5, 0.6) is 0 Å². The zero-order valence-electron chi connectivity index (χ0n) is 10.3. The molecule has 0 aromatic rings. The van der Waals surface area contributed by atoms with Gasteiger partial charge in [0.05, 0.1) is 5.75 Å². The van der Waals surface area contributed by atoms with Crippen LogP contribution < -0.4 is 5.73 Å². The molecular formula is C10H24N2O2S. The molecule has 2 N–H and O–H groups in total. The fraction of sp³-hybridized carbons (Fsp3) is 1.00. The van der Waals surface area contributed by atoms with Gasteiger partial charge in [-0.3, -0.25) is 0 Å². The Morgan fingerprint density at radius 2 is 1.80 bits per heavy atom. The van der Waals surface area contributed by atoms with E-state index in [9.17, 15) is 8.42 Å². The van der Waals surface area contributed by atoms with E-state index in [-0.39, 0.29) is 11.2 Å². The second kappa shape index (κ2) is 5.82. The summed E-state index contributed by atoms with van der Waals surface area (Å²) in [6.07, 6.45) is 0.833. The van der Waals surface area contributed by atoms with Gasteiger partial charge in [0.25, 0.3) is 0 Å². The molecule has 0 spiro atoms. The number of hydrogen-bond donors (Lipinski definition) is 1. The van der Waals surface area contributed by atoms with Gasteiger partial charge in [-0.05, 0) is 25.3 Å². The average molecular weight is 236 g/mol. The number of nitrogens with zero attached hydrogens (tertiary/aromatic N) is 1. The molecule has 0 radical (unpaired) electrons. The molecule has 15 heavy (non-hydrogen) atoms. The normalized spacial score (nSPS) is 13.5. The maximum Gasteiger partial charge on any atom is 0.213 e. The highest BCUT2D eigenvalue weighted by molar-refractivity contribution is 7.89. The van der Waals surface area contributed by atoms with E-state index in [2.05, 4.69) is 0 Å². The highest BCUT2D eigenvalue weighted by Crippen LogP contribution is 2.17. The molecule has 0 aromatic carbocycles. The van der Waals surface area contributed by atoms with E-state index in [4.69, 9.17) is 5.73 Å². The Kier molecular flexibility index (Phi) is 5.77. The fourth-order valence-electron chi connectivity index (χ4n) is 1.29. The van der Waals surface area contributed by atoms with Crippen molar-refractivity contribution in [3.05, 3.63) is 0 Å². The van der Waals surface area contributed by atoms with Gasteiger partial charge >= 0.3 is 0 Å². The maximum absolute atomic E-state index is 11.8. The van der Waals surface area contributed by atoms with Gasteiger partial charge in [0.15, 0.2) is 0 Å². The van der Waals surface area contributed by atoms with E-state index < -0.39 is 10.0 Å². The summed E-state index contributed by atoms with van der Waals surface area (Å²) >= 11 is 0. The van der Waals surface area contributed by atoms with Gasteiger partial charge < -0.3 is 5.73 Å². The van der Waals surface area contributed by atoms with Gasteiger partial charge in [0.2, 0.25) is 10.0 Å². The summed E-state index contributed by atoms with van der Waals surface area (Å²) in [5.74, 6) is 0.160. The molecule has 0 atom stereocenters. The third-order valence-corrected chi connectivity index (χ3v) is 4.22. The Morgan fingerprint density at radius 1 is 1.27 bits per heavy atom. The van der Waals surface area contributed by atoms with Crippen LogP contribution in [-0.4, -0.2) is 38.1 Å². The van der Waals surface area contributed by atoms with Crippen LogP contribution in [0.2, 0.25) is 0 Å². The number of nitrogens with two attached hydrogens (primary N) is 1. The van der Waals surface area contributed by atoms with Crippen LogP contribution in [-0.2, 0) is 10.0 Å². The van der Waals surface area contributed by atoms with Gasteiger partial charge in [-0.2, -0.15) is 0 Å². The highest BCUT2D eigenvalue weighted by atomic mass is 32.2. The van der Waals surface area contributed by atoms with Crippen molar-refractivity contribution in [2.75, 3.05) is 25.4 Å². The summed E-state index contributed by atoms with van der Waals surface area (Å²) in [6, 6.07) is 0. The molecule has 0 unspecified atom stereocenters. The summed E-state index contributed by atoms with van der Waals surface area (Å²) in [6.45, 7) is 9.21. The molecule has 0 fully saturated rings. The third kappa shape index (κ3) is 4.95. The van der Waals surface area contributed by atoms with E-state index in [0.717, 1.165) is 6.42 Å². The van der Waals surface area contributed by atoms with Crippen LogP contribution in [0, 0.1) is 5.41 Å². The molecule has 0 amide bonds. The van der Waals surface area contributed by atoms with Crippen molar-refractivity contribution in [3.63, 3.8) is 0 Å². The van der Waals surface area contributed by atoms with Gasteiger partial charge in [0.1, 0.15) is 0 Å². The minimum atomic E-state index is -3.09. The average Bonchev–Trinajstić information content (AvgIpc) is 2.17. The van der Waals surface area contributed by atoms with Crippen molar-refractivity contribution in [1.29, 1.82) is 0 Å². The lowest BCUT2D eigenvalue weighted by Crippen LogP contribution is -2.42. The summed E-state index contributed by atoms with van der Waals surface area (Å²) in [7, 11) is -3.09. The van der Waals surface area contributed by atoms with Crippen LogP contribution in [0.15, 0.2) is 0 Å². The molecule has 0 rings (SSSR count). The van der Waals surface area contributed by atoms with Gasteiger partial charge in [-0.1, -0.05) is 20.8 Å². The smallest absolute Gasteiger partial charge is 0.213 e. The summed E-state index contributed by atoms with van der Waals surface area (Å²) in [4.78, 5) is 0. The van der Waals surface area contributed by atoms with E-state index in [1.54, 1.807) is 11.2 Å². The lowest BCUT2D eigenvalue weighted by atomic mass is 9.94. The molecule has 0 aliphatic carbocycles. The monoisotopic (exact) mass is 236 g/mol. The van der Waals surface area contributed by atoms with Gasteiger partial charge in [-0.15, -0.1) is 0 Å². The maximum atomic E-state index is 11.8. The zero-order chi connectivity index (χ0) is 12.1. The van der Waals surface area contributed by atoms with Crippen LogP contribution in [0.1, 0.15) is 34.1 Å². The molecule has 0 aliphatic rings. The fourth-order valence-corrected chi connectivity index (χ4v) is 2.66. The lowest BCUT2D eigenvalue weighted by molar-refractivity contribution is 0.267. The lowest BCUT2D eigenvalue weighted by Gasteiger charge is -2.30. The van der Waals surface area contributed by atoms with Crippen molar-refractivity contribution in [2.45, 2.75) is 34.1 Å². The second-order valence-electron chi connectivity index (χ2n) is 4.60. The minimum Gasteiger partial charge on any atom is -0.330 e. The summed E-state index contributed by atoms with van der Waals surface area (Å²) in [5, 5.41) is 0. The number of rotatable bonds is 7. The highest BCUT2D eigenvalue weighted by Gasteiger charge is 2.26. The standard InChI is InChI=1S/C10H24N2O2S/c1-5-7-12(15(13,14)6-2)9-10(3,4)8-11/h5-9,11H2,1-4H3. The van der Waals surface area contributed by atoms with E-state index in [0.29, 0.717) is 19.6 Å². The first-order valence-corrected chi connectivity index (χ1v) is 7.08. The Bertz CT molecular complexity index is 273. The van der Waals surface area contributed by atoms with Crippen LogP contribution in [0.3, 0.4) is 0 Å². The first-order valence-electron chi connectivity index (χ1n) is 5.47. The Balaban J connectivity index is 4.70.